The quantitative estimate of drug-likeness (QED) is 0.592. The molecule has 168 valence electrons. The van der Waals surface area contributed by atoms with Gasteiger partial charge >= 0.3 is 6.01 Å². The lowest BCUT2D eigenvalue weighted by Crippen LogP contribution is -2.32. The van der Waals surface area contributed by atoms with Crippen LogP contribution in [0, 0.1) is 12.7 Å². The molecule has 3 aromatic rings. The number of hydrogen-bond acceptors (Lipinski definition) is 7. The van der Waals surface area contributed by atoms with Crippen LogP contribution in [0.1, 0.15) is 55.1 Å². The van der Waals surface area contributed by atoms with E-state index >= 15 is 0 Å². The summed E-state index contributed by atoms with van der Waals surface area (Å²) in [4.78, 5) is 29.1. The first-order valence-corrected chi connectivity index (χ1v) is 11.7. The molecule has 9 heteroatoms. The molecule has 1 saturated heterocycles. The van der Waals surface area contributed by atoms with Gasteiger partial charge in [-0.2, -0.15) is 4.98 Å². The molecule has 7 nitrogen and oxygen atoms in total. The molecular formula is C23H26FN5O2S. The molecule has 1 unspecified atom stereocenters. The third-order valence-corrected chi connectivity index (χ3v) is 7.43. The minimum absolute atomic E-state index is 0.0259. The largest absolute Gasteiger partial charge is 0.459 e. The zero-order valence-electron chi connectivity index (χ0n) is 18.6. The van der Waals surface area contributed by atoms with Crippen molar-refractivity contribution in [3.63, 3.8) is 0 Å². The number of amides is 1. The molecule has 2 aliphatic rings. The topological polar surface area (TPSA) is 71.5 Å². The molecule has 2 aromatic heterocycles. The fraction of sp³-hybridized carbons (Fsp3) is 0.478. The third-order valence-electron chi connectivity index (χ3n) is 6.50. The van der Waals surface area contributed by atoms with E-state index in [1.165, 1.54) is 11.3 Å². The Hall–Kier alpha value is -2.65. The molecule has 4 heterocycles. The highest BCUT2D eigenvalue weighted by Gasteiger charge is 2.35. The molecule has 0 spiro atoms. The van der Waals surface area contributed by atoms with Gasteiger partial charge in [0.2, 0.25) is 5.91 Å². The van der Waals surface area contributed by atoms with E-state index in [0.29, 0.717) is 31.2 Å². The van der Waals surface area contributed by atoms with Gasteiger partial charge in [-0.25, -0.2) is 14.4 Å². The minimum Gasteiger partial charge on any atom is -0.459 e. The number of hydrogen-bond donors (Lipinski definition) is 0. The Morgan fingerprint density at radius 2 is 2.12 bits per heavy atom. The number of halogens is 1. The molecule has 0 bridgehead atoms. The molecule has 5 rings (SSSR count). The van der Waals surface area contributed by atoms with Crippen LogP contribution in [-0.4, -0.2) is 49.3 Å². The van der Waals surface area contributed by atoms with Crippen LogP contribution in [0.25, 0.3) is 10.2 Å². The Kier molecular flexibility index (Phi) is 5.33. The van der Waals surface area contributed by atoms with Gasteiger partial charge in [0.25, 0.3) is 0 Å². The highest BCUT2D eigenvalue weighted by molar-refractivity contribution is 7.18. The Morgan fingerprint density at radius 3 is 2.91 bits per heavy atom. The summed E-state index contributed by atoms with van der Waals surface area (Å²) in [6.07, 6.45) is 2.48. The molecule has 32 heavy (non-hydrogen) atoms. The van der Waals surface area contributed by atoms with Crippen molar-refractivity contribution in [1.82, 2.24) is 24.8 Å². The smallest absolute Gasteiger partial charge is 0.316 e. The van der Waals surface area contributed by atoms with Gasteiger partial charge in [-0.15, -0.1) is 11.3 Å². The van der Waals surface area contributed by atoms with Crippen LogP contribution < -0.4 is 4.74 Å². The molecule has 0 N–H and O–H groups in total. The summed E-state index contributed by atoms with van der Waals surface area (Å²) in [5, 5.41) is 0.938. The van der Waals surface area contributed by atoms with Crippen LogP contribution in [0.2, 0.25) is 0 Å². The molecule has 1 aromatic carbocycles. The Balaban J connectivity index is 1.30. The molecule has 0 radical (unpaired) electrons. The van der Waals surface area contributed by atoms with Gasteiger partial charge in [0.05, 0.1) is 27.5 Å². The summed E-state index contributed by atoms with van der Waals surface area (Å²) in [5.41, 5.74) is 3.32. The van der Waals surface area contributed by atoms with Gasteiger partial charge in [0.15, 0.2) is 0 Å². The second kappa shape index (κ2) is 8.04. The Bertz CT molecular complexity index is 1200. The third kappa shape index (κ3) is 3.84. The second-order valence-electron chi connectivity index (χ2n) is 8.77. The maximum Gasteiger partial charge on any atom is 0.316 e. The Morgan fingerprint density at radius 1 is 1.31 bits per heavy atom. The second-order valence-corrected chi connectivity index (χ2v) is 10.0. The van der Waals surface area contributed by atoms with Crippen molar-refractivity contribution in [1.29, 1.82) is 0 Å². The van der Waals surface area contributed by atoms with Crippen LogP contribution in [0.4, 0.5) is 4.39 Å². The SMILES string of the molecule is CC(=O)N1Cc2cnc(OC3C[C@H](C)N([C@@H](C)c4cc5nc(C)sc5cc4F)C3)nc2C1. The van der Waals surface area contributed by atoms with E-state index in [4.69, 9.17) is 4.74 Å². The van der Waals surface area contributed by atoms with E-state index in [9.17, 15) is 9.18 Å². The first-order chi connectivity index (χ1) is 15.3. The van der Waals surface area contributed by atoms with Crippen molar-refractivity contribution < 1.29 is 13.9 Å². The number of nitrogens with zero attached hydrogens (tertiary/aromatic N) is 5. The standard InChI is InChI=1S/C23H26FN5O2S/c1-12-5-17(31-23-25-8-16-9-28(15(4)30)11-21(16)27-23)10-29(12)13(2)18-6-20-22(7-19(18)24)32-14(3)26-20/h6-8,12-13,17H,5,9-11H2,1-4H3/t12-,13-,17?/m0/s1. The summed E-state index contributed by atoms with van der Waals surface area (Å²) in [5.74, 6) is -0.167. The Labute approximate surface area is 190 Å². The molecular weight excluding hydrogens is 429 g/mol. The van der Waals surface area contributed by atoms with Gasteiger partial charge in [0, 0.05) is 55.8 Å². The van der Waals surface area contributed by atoms with Gasteiger partial charge in [0.1, 0.15) is 11.9 Å². The average Bonchev–Trinajstić information content (AvgIpc) is 3.42. The summed E-state index contributed by atoms with van der Waals surface area (Å²) in [6, 6.07) is 3.94. The number of ether oxygens (including phenoxy) is 1. The summed E-state index contributed by atoms with van der Waals surface area (Å²) in [6.45, 7) is 9.37. The summed E-state index contributed by atoms with van der Waals surface area (Å²) in [7, 11) is 0. The van der Waals surface area contributed by atoms with E-state index in [1.54, 1.807) is 24.1 Å². The monoisotopic (exact) mass is 455 g/mol. The fourth-order valence-electron chi connectivity index (χ4n) is 4.77. The van der Waals surface area contributed by atoms with Gasteiger partial charge in [-0.05, 0) is 32.9 Å². The van der Waals surface area contributed by atoms with E-state index in [0.717, 1.165) is 32.9 Å². The molecule has 0 saturated carbocycles. The van der Waals surface area contributed by atoms with Crippen molar-refractivity contribution in [2.75, 3.05) is 6.54 Å². The van der Waals surface area contributed by atoms with Crippen molar-refractivity contribution in [2.45, 2.75) is 65.4 Å². The average molecular weight is 456 g/mol. The lowest BCUT2D eigenvalue weighted by atomic mass is 10.0. The predicted molar refractivity (Wildman–Crippen MR) is 120 cm³/mol. The fourth-order valence-corrected chi connectivity index (χ4v) is 5.61. The molecule has 1 amide bonds. The van der Waals surface area contributed by atoms with Crippen molar-refractivity contribution in [3.8, 4) is 6.01 Å². The van der Waals surface area contributed by atoms with Crippen molar-refractivity contribution >= 4 is 27.5 Å². The maximum absolute atomic E-state index is 14.9. The first-order valence-electron chi connectivity index (χ1n) is 10.9. The van der Waals surface area contributed by atoms with Crippen LogP contribution in [0.5, 0.6) is 6.01 Å². The number of rotatable bonds is 4. The lowest BCUT2D eigenvalue weighted by molar-refractivity contribution is -0.129. The zero-order chi connectivity index (χ0) is 22.6. The predicted octanol–water partition coefficient (Wildman–Crippen LogP) is 4.00. The zero-order valence-corrected chi connectivity index (χ0v) is 19.4. The van der Waals surface area contributed by atoms with Crippen molar-refractivity contribution in [2.24, 2.45) is 0 Å². The van der Waals surface area contributed by atoms with Crippen LogP contribution in [0.15, 0.2) is 18.3 Å². The minimum atomic E-state index is -0.192. The number of likely N-dealkylation sites (tertiary alicyclic amines) is 1. The summed E-state index contributed by atoms with van der Waals surface area (Å²) < 4.78 is 21.9. The number of carbonyl (C=O) groups excluding carboxylic acids is 1. The summed E-state index contributed by atoms with van der Waals surface area (Å²) >= 11 is 1.51. The molecule has 2 aliphatic heterocycles. The van der Waals surface area contributed by atoms with Gasteiger partial charge in [-0.3, -0.25) is 9.69 Å². The number of fused-ring (bicyclic) bond motifs is 2. The highest BCUT2D eigenvalue weighted by Crippen LogP contribution is 2.34. The normalized spacial score (nSPS) is 21.8. The van der Waals surface area contributed by atoms with Crippen LogP contribution in [-0.2, 0) is 17.9 Å². The highest BCUT2D eigenvalue weighted by atomic mass is 32.1. The number of aromatic nitrogens is 3. The van der Waals surface area contributed by atoms with E-state index in [1.807, 2.05) is 19.9 Å². The number of aryl methyl sites for hydroxylation is 1. The van der Waals surface area contributed by atoms with Crippen LogP contribution >= 0.6 is 11.3 Å². The number of thiazole rings is 1. The van der Waals surface area contributed by atoms with Gasteiger partial charge in [-0.1, -0.05) is 0 Å². The van der Waals surface area contributed by atoms with E-state index in [-0.39, 0.29) is 29.9 Å². The maximum atomic E-state index is 14.9. The lowest BCUT2D eigenvalue weighted by Gasteiger charge is -2.28. The molecule has 1 fully saturated rings. The van der Waals surface area contributed by atoms with Crippen molar-refractivity contribution in [3.05, 3.63) is 46.0 Å². The van der Waals surface area contributed by atoms with E-state index < -0.39 is 0 Å². The number of carbonyl (C=O) groups is 1. The first kappa shape index (κ1) is 21.2. The van der Waals surface area contributed by atoms with Crippen LogP contribution in [0.3, 0.4) is 0 Å². The van der Waals surface area contributed by atoms with E-state index in [2.05, 4.69) is 26.8 Å². The molecule has 3 atom stereocenters. The van der Waals surface area contributed by atoms with Gasteiger partial charge < -0.3 is 9.64 Å². The number of benzene rings is 1. The molecule has 0 aliphatic carbocycles.